The Morgan fingerprint density at radius 1 is 0.947 bits per heavy atom. The average Bonchev–Trinajstić information content (AvgIpc) is 2.46. The van der Waals surface area contributed by atoms with E-state index in [0.717, 1.165) is 34.5 Å². The van der Waals surface area contributed by atoms with Crippen LogP contribution in [0.4, 0.5) is 5.69 Å². The maximum atomic E-state index is 6.27. The molecule has 3 nitrogen and oxygen atoms in total. The van der Waals surface area contributed by atoms with Crippen molar-refractivity contribution >= 4 is 5.69 Å². The van der Waals surface area contributed by atoms with Crippen molar-refractivity contribution in [3.8, 4) is 16.9 Å². The van der Waals surface area contributed by atoms with Gasteiger partial charge in [0.15, 0.2) is 0 Å². The van der Waals surface area contributed by atoms with Gasteiger partial charge in [-0.15, -0.1) is 0 Å². The van der Waals surface area contributed by atoms with Crippen LogP contribution in [0.1, 0.15) is 5.56 Å². The van der Waals surface area contributed by atoms with E-state index in [9.17, 15) is 0 Å². The van der Waals surface area contributed by atoms with Crippen molar-refractivity contribution < 1.29 is 9.47 Å². The Morgan fingerprint density at radius 2 is 1.68 bits per heavy atom. The molecule has 0 fully saturated rings. The molecule has 0 spiro atoms. The van der Waals surface area contributed by atoms with Crippen molar-refractivity contribution in [1.29, 1.82) is 0 Å². The first-order valence-corrected chi connectivity index (χ1v) is 6.27. The van der Waals surface area contributed by atoms with Crippen molar-refractivity contribution in [1.82, 2.24) is 0 Å². The molecule has 0 saturated carbocycles. The Morgan fingerprint density at radius 3 is 2.42 bits per heavy atom. The number of hydrogen-bond acceptors (Lipinski definition) is 3. The number of methoxy groups -OCH3 is 2. The van der Waals surface area contributed by atoms with E-state index in [4.69, 9.17) is 15.2 Å². The van der Waals surface area contributed by atoms with E-state index in [1.165, 1.54) is 0 Å². The molecule has 0 unspecified atom stereocenters. The zero-order chi connectivity index (χ0) is 13.7. The van der Waals surface area contributed by atoms with Crippen molar-refractivity contribution in [3.63, 3.8) is 0 Å². The number of nitrogens with two attached hydrogens (primary N) is 1. The minimum Gasteiger partial charge on any atom is -0.496 e. The smallest absolute Gasteiger partial charge is 0.126 e. The van der Waals surface area contributed by atoms with Gasteiger partial charge >= 0.3 is 0 Å². The lowest BCUT2D eigenvalue weighted by molar-refractivity contribution is 0.202. The number of para-hydroxylation sites is 2. The second kappa shape index (κ2) is 6.25. The van der Waals surface area contributed by atoms with Gasteiger partial charge in [-0.3, -0.25) is 0 Å². The molecule has 2 rings (SSSR count). The number of nitrogen functional groups attached to an aromatic ring is 1. The van der Waals surface area contributed by atoms with Crippen LogP contribution in [0.2, 0.25) is 0 Å². The Kier molecular flexibility index (Phi) is 4.42. The van der Waals surface area contributed by atoms with Gasteiger partial charge in [-0.05, 0) is 18.1 Å². The highest BCUT2D eigenvalue weighted by atomic mass is 16.5. The maximum absolute atomic E-state index is 6.27. The molecular formula is C16H19NO2. The third kappa shape index (κ3) is 2.88. The first-order valence-electron chi connectivity index (χ1n) is 6.27. The van der Waals surface area contributed by atoms with Gasteiger partial charge in [0.05, 0.1) is 13.7 Å². The van der Waals surface area contributed by atoms with Gasteiger partial charge in [0, 0.05) is 23.9 Å². The van der Waals surface area contributed by atoms with E-state index in [1.807, 2.05) is 42.5 Å². The highest BCUT2D eigenvalue weighted by Gasteiger charge is 2.10. The third-order valence-electron chi connectivity index (χ3n) is 3.17. The fraction of sp³-hybridized carbons (Fsp3) is 0.250. The van der Waals surface area contributed by atoms with Crippen molar-refractivity contribution in [2.45, 2.75) is 6.42 Å². The summed E-state index contributed by atoms with van der Waals surface area (Å²) in [6.07, 6.45) is 0.811. The summed E-state index contributed by atoms with van der Waals surface area (Å²) in [6, 6.07) is 14.0. The number of hydrogen-bond donors (Lipinski definition) is 1. The Hall–Kier alpha value is -2.00. The highest BCUT2D eigenvalue weighted by molar-refractivity contribution is 5.82. The van der Waals surface area contributed by atoms with Crippen LogP contribution in [0.3, 0.4) is 0 Å². The van der Waals surface area contributed by atoms with E-state index >= 15 is 0 Å². The second-order valence-corrected chi connectivity index (χ2v) is 4.32. The predicted molar refractivity (Wildman–Crippen MR) is 78.4 cm³/mol. The van der Waals surface area contributed by atoms with Gasteiger partial charge < -0.3 is 15.2 Å². The molecule has 0 aromatic heterocycles. The monoisotopic (exact) mass is 257 g/mol. The first-order chi connectivity index (χ1) is 9.27. The Bertz CT molecular complexity index is 552. The summed E-state index contributed by atoms with van der Waals surface area (Å²) in [5.41, 5.74) is 10.2. The van der Waals surface area contributed by atoms with Gasteiger partial charge in [-0.2, -0.15) is 0 Å². The minimum absolute atomic E-state index is 0.666. The molecule has 2 aromatic rings. The van der Waals surface area contributed by atoms with Crippen LogP contribution in [0.5, 0.6) is 5.75 Å². The summed E-state index contributed by atoms with van der Waals surface area (Å²) in [4.78, 5) is 0. The molecule has 0 amide bonds. The van der Waals surface area contributed by atoms with E-state index in [-0.39, 0.29) is 0 Å². The van der Waals surface area contributed by atoms with E-state index in [0.29, 0.717) is 6.61 Å². The van der Waals surface area contributed by atoms with Crippen molar-refractivity contribution in [3.05, 3.63) is 48.0 Å². The molecular weight excluding hydrogens is 238 g/mol. The number of anilines is 1. The summed E-state index contributed by atoms with van der Waals surface area (Å²) in [6.45, 7) is 0.666. The van der Waals surface area contributed by atoms with Crippen LogP contribution >= 0.6 is 0 Å². The van der Waals surface area contributed by atoms with E-state index in [2.05, 4.69) is 0 Å². The Balaban J connectivity index is 2.44. The molecule has 2 N–H and O–H groups in total. The first kappa shape index (κ1) is 13.4. The predicted octanol–water partition coefficient (Wildman–Crippen LogP) is 3.13. The van der Waals surface area contributed by atoms with Gasteiger partial charge in [0.2, 0.25) is 0 Å². The molecule has 0 bridgehead atoms. The van der Waals surface area contributed by atoms with E-state index in [1.54, 1.807) is 14.2 Å². The van der Waals surface area contributed by atoms with Crippen molar-refractivity contribution in [2.75, 3.05) is 26.6 Å². The Labute approximate surface area is 114 Å². The van der Waals surface area contributed by atoms with Gasteiger partial charge in [-0.25, -0.2) is 0 Å². The van der Waals surface area contributed by atoms with Gasteiger partial charge in [0.25, 0.3) is 0 Å². The molecule has 0 heterocycles. The number of benzene rings is 2. The lowest BCUT2D eigenvalue weighted by atomic mass is 9.98. The second-order valence-electron chi connectivity index (χ2n) is 4.32. The van der Waals surface area contributed by atoms with Crippen LogP contribution in [0.25, 0.3) is 11.1 Å². The lowest BCUT2D eigenvalue weighted by Crippen LogP contribution is -2.01. The molecule has 3 heteroatoms. The lowest BCUT2D eigenvalue weighted by Gasteiger charge is -2.13. The average molecular weight is 257 g/mol. The molecule has 0 radical (unpaired) electrons. The van der Waals surface area contributed by atoms with Crippen molar-refractivity contribution in [2.24, 2.45) is 0 Å². The normalized spacial score (nSPS) is 10.4. The highest BCUT2D eigenvalue weighted by Crippen LogP contribution is 2.35. The quantitative estimate of drug-likeness (QED) is 0.837. The van der Waals surface area contributed by atoms with Crippen LogP contribution < -0.4 is 10.5 Å². The number of rotatable bonds is 5. The fourth-order valence-corrected chi connectivity index (χ4v) is 2.15. The standard InChI is InChI=1S/C16H19NO2/c1-18-11-10-12-6-5-8-14(16(12)17)13-7-3-4-9-15(13)19-2/h3-9H,10-11,17H2,1-2H3. The molecule has 0 aliphatic heterocycles. The summed E-state index contributed by atoms with van der Waals surface area (Å²) >= 11 is 0. The molecule has 0 saturated heterocycles. The molecule has 19 heavy (non-hydrogen) atoms. The van der Waals surface area contributed by atoms with Crippen LogP contribution in [0.15, 0.2) is 42.5 Å². The third-order valence-corrected chi connectivity index (χ3v) is 3.17. The zero-order valence-electron chi connectivity index (χ0n) is 11.3. The van der Waals surface area contributed by atoms with Gasteiger partial charge in [-0.1, -0.05) is 36.4 Å². The summed E-state index contributed by atoms with van der Waals surface area (Å²) in [7, 11) is 3.37. The van der Waals surface area contributed by atoms with Crippen LogP contribution in [-0.2, 0) is 11.2 Å². The molecule has 100 valence electrons. The van der Waals surface area contributed by atoms with Crippen LogP contribution in [-0.4, -0.2) is 20.8 Å². The summed E-state index contributed by atoms with van der Waals surface area (Å²) in [5, 5.41) is 0. The summed E-state index contributed by atoms with van der Waals surface area (Å²) < 4.78 is 10.5. The minimum atomic E-state index is 0.666. The summed E-state index contributed by atoms with van der Waals surface area (Å²) in [5.74, 6) is 0.832. The molecule has 0 aliphatic rings. The van der Waals surface area contributed by atoms with Gasteiger partial charge in [0.1, 0.15) is 5.75 Å². The largest absolute Gasteiger partial charge is 0.496 e. The van der Waals surface area contributed by atoms with Crippen LogP contribution in [0, 0.1) is 0 Å². The number of ether oxygens (including phenoxy) is 2. The topological polar surface area (TPSA) is 44.5 Å². The molecule has 0 atom stereocenters. The zero-order valence-corrected chi connectivity index (χ0v) is 11.3. The maximum Gasteiger partial charge on any atom is 0.126 e. The van der Waals surface area contributed by atoms with E-state index < -0.39 is 0 Å². The molecule has 2 aromatic carbocycles. The fourth-order valence-electron chi connectivity index (χ4n) is 2.15. The SMILES string of the molecule is COCCc1cccc(-c2ccccc2OC)c1N. The molecule has 0 aliphatic carbocycles.